The topological polar surface area (TPSA) is 0 Å². The van der Waals surface area contributed by atoms with Gasteiger partial charge in [-0.05, 0) is 54.6 Å². The summed E-state index contributed by atoms with van der Waals surface area (Å²) in [5.41, 5.74) is 15.2. The van der Waals surface area contributed by atoms with E-state index in [0.29, 0.717) is 0 Å². The van der Waals surface area contributed by atoms with E-state index >= 15 is 0 Å². The van der Waals surface area contributed by atoms with Crippen molar-refractivity contribution in [3.63, 3.8) is 0 Å². The van der Waals surface area contributed by atoms with Crippen molar-refractivity contribution in [3.8, 4) is 22.3 Å². The first-order valence-corrected chi connectivity index (χ1v) is 13.3. The molecule has 7 heteroatoms. The molecule has 0 aliphatic rings. The van der Waals surface area contributed by atoms with Crippen LogP contribution in [0.1, 0.15) is 0 Å². The molecule has 0 atom stereocenters. The molecule has 0 nitrogen and oxygen atoms in total. The van der Waals surface area contributed by atoms with E-state index in [4.69, 9.17) is 0 Å². The molecule has 0 N–H and O–H groups in total. The summed E-state index contributed by atoms with van der Waals surface area (Å²) in [5, 5.41) is 8.14. The number of benzene rings is 6. The summed E-state index contributed by atoms with van der Waals surface area (Å²) >= 11 is 0. The third kappa shape index (κ3) is 3.40. The van der Waals surface area contributed by atoms with Crippen LogP contribution in [-0.2, 0) is 0 Å². The second-order valence-corrected chi connectivity index (χ2v) is 10.7. The fourth-order valence-electron chi connectivity index (χ4n) is 6.72. The van der Waals surface area contributed by atoms with Gasteiger partial charge in [0.2, 0.25) is 0 Å². The van der Waals surface area contributed by atoms with Crippen molar-refractivity contribution in [1.82, 2.24) is 0 Å². The first-order chi connectivity index (χ1) is 17.8. The lowest BCUT2D eigenvalue weighted by Crippen LogP contribution is -2.52. The molecule has 168 valence electrons. The van der Waals surface area contributed by atoms with Crippen LogP contribution in [0, 0.1) is 0 Å². The number of rotatable bonds is 2. The Morgan fingerprint density at radius 1 is 0.297 bits per heavy atom. The minimum atomic E-state index is 1.27. The maximum atomic E-state index is 2.35. The third-order valence-corrected chi connectivity index (χ3v) is 8.99. The van der Waals surface area contributed by atoms with Gasteiger partial charge in [-0.2, -0.15) is 0 Å². The molecule has 0 amide bonds. The second kappa shape index (κ2) is 8.84. The molecule has 0 aliphatic heterocycles. The maximum absolute atomic E-state index is 2.35. The zero-order chi connectivity index (χ0) is 26.0. The molecule has 0 spiro atoms. The Kier molecular flexibility index (Phi) is 5.72. The maximum Gasteiger partial charge on any atom is 0.140 e. The van der Waals surface area contributed by atoms with Crippen molar-refractivity contribution >= 4 is 125 Å². The van der Waals surface area contributed by atoms with E-state index in [1.165, 1.54) is 92.8 Å². The Hall–Kier alpha value is -3.45. The Balaban J connectivity index is 1.87. The number of fused-ring (bicyclic) bond motifs is 3. The first kappa shape index (κ1) is 23.9. The predicted octanol–water partition coefficient (Wildman–Crippen LogP) is -3.71. The molecule has 6 aromatic carbocycles. The van der Waals surface area contributed by atoms with Gasteiger partial charge in [-0.1, -0.05) is 106 Å². The van der Waals surface area contributed by atoms with Crippen LogP contribution in [-0.4, -0.2) is 54.9 Å². The van der Waals surface area contributed by atoms with Gasteiger partial charge in [0.25, 0.3) is 0 Å². The average molecular weight is 463 g/mol. The van der Waals surface area contributed by atoms with Gasteiger partial charge in [-0.3, -0.25) is 0 Å². The van der Waals surface area contributed by atoms with Gasteiger partial charge in [0.05, 0.1) is 0 Å². The van der Waals surface area contributed by atoms with Gasteiger partial charge in [-0.25, -0.2) is 0 Å². The van der Waals surface area contributed by atoms with Crippen molar-refractivity contribution < 1.29 is 0 Å². The van der Waals surface area contributed by atoms with Crippen molar-refractivity contribution in [2.45, 2.75) is 0 Å². The minimum absolute atomic E-state index is 1.27. The van der Waals surface area contributed by atoms with Crippen molar-refractivity contribution in [2.75, 3.05) is 0 Å². The van der Waals surface area contributed by atoms with E-state index in [2.05, 4.69) is 134 Å². The van der Waals surface area contributed by atoms with E-state index in [9.17, 15) is 0 Å². The smallest absolute Gasteiger partial charge is 0.101 e. The van der Waals surface area contributed by atoms with Gasteiger partial charge in [-0.15, -0.1) is 10.9 Å². The summed E-state index contributed by atoms with van der Waals surface area (Å²) in [6, 6.07) is 28.8. The molecular weight excluding hydrogens is 436 g/mol. The molecule has 0 unspecified atom stereocenters. The standard InChI is InChI=1S/C30H27B7/c31-24-21(25(32)26(33)23-22(24)27(34)29(36)30(37)28(23)35)20-17-12-6-4-10-15(17)19(14-8-2-1-3-9-14)16-11-5-7-13-18(16)20/h1-13H,31-37H2. The SMILES string of the molecule is Bc1c(B)c(B)c2c(B)c(-c3c4ccccc4c(-c4ccccc4)c4ccccc34)c(B)c(B)c2c1B. The Morgan fingerprint density at radius 2 is 0.676 bits per heavy atom. The molecule has 0 aliphatic carbocycles. The van der Waals surface area contributed by atoms with Gasteiger partial charge in [0, 0.05) is 0 Å². The predicted molar refractivity (Wildman–Crippen MR) is 187 cm³/mol. The Morgan fingerprint density at radius 3 is 1.16 bits per heavy atom. The van der Waals surface area contributed by atoms with E-state index in [0.717, 1.165) is 0 Å². The van der Waals surface area contributed by atoms with Crippen molar-refractivity contribution in [2.24, 2.45) is 0 Å². The van der Waals surface area contributed by atoms with Crippen LogP contribution in [0.25, 0.3) is 54.6 Å². The molecular formula is C30H27B7. The molecule has 6 aromatic rings. The average Bonchev–Trinajstić information content (AvgIpc) is 2.92. The van der Waals surface area contributed by atoms with Crippen LogP contribution in [0.3, 0.4) is 0 Å². The first-order valence-electron chi connectivity index (χ1n) is 13.3. The minimum Gasteiger partial charge on any atom is -0.101 e. The number of hydrogen-bond acceptors (Lipinski definition) is 0. The van der Waals surface area contributed by atoms with E-state index < -0.39 is 0 Å². The molecule has 0 aromatic heterocycles. The monoisotopic (exact) mass is 464 g/mol. The lowest BCUT2D eigenvalue weighted by atomic mass is 9.58. The molecule has 37 heavy (non-hydrogen) atoms. The van der Waals surface area contributed by atoms with Gasteiger partial charge in [0.1, 0.15) is 54.9 Å². The highest BCUT2D eigenvalue weighted by Crippen LogP contribution is 2.42. The summed E-state index contributed by atoms with van der Waals surface area (Å²) in [6.45, 7) is 0. The highest BCUT2D eigenvalue weighted by atomic mass is 14.2. The van der Waals surface area contributed by atoms with Gasteiger partial charge in [0.15, 0.2) is 0 Å². The van der Waals surface area contributed by atoms with Crippen LogP contribution in [0.5, 0.6) is 0 Å². The Labute approximate surface area is 226 Å². The Bertz CT molecular complexity index is 1840. The third-order valence-electron chi connectivity index (χ3n) is 8.99. The fourth-order valence-corrected chi connectivity index (χ4v) is 6.72. The molecule has 0 heterocycles. The summed E-state index contributed by atoms with van der Waals surface area (Å²) < 4.78 is 0. The summed E-state index contributed by atoms with van der Waals surface area (Å²) in [4.78, 5) is 0. The van der Waals surface area contributed by atoms with Gasteiger partial charge >= 0.3 is 0 Å². The zero-order valence-electron chi connectivity index (χ0n) is 23.0. The van der Waals surface area contributed by atoms with Gasteiger partial charge < -0.3 is 0 Å². The van der Waals surface area contributed by atoms with E-state index in [-0.39, 0.29) is 0 Å². The fraction of sp³-hybridized carbons (Fsp3) is 0. The van der Waals surface area contributed by atoms with E-state index in [1.54, 1.807) is 0 Å². The molecule has 0 bridgehead atoms. The quantitative estimate of drug-likeness (QED) is 0.183. The lowest BCUT2D eigenvalue weighted by molar-refractivity contribution is 1.67. The molecule has 6 rings (SSSR count). The molecule has 0 fully saturated rings. The normalized spacial score (nSPS) is 11.5. The van der Waals surface area contributed by atoms with Crippen molar-refractivity contribution in [1.29, 1.82) is 0 Å². The molecule has 0 saturated carbocycles. The van der Waals surface area contributed by atoms with Crippen LogP contribution < -0.4 is 38.2 Å². The molecule has 0 radical (unpaired) electrons. The highest BCUT2D eigenvalue weighted by molar-refractivity contribution is 6.72. The summed E-state index contributed by atoms with van der Waals surface area (Å²) in [5.74, 6) is 0. The van der Waals surface area contributed by atoms with Crippen LogP contribution in [0.15, 0.2) is 78.9 Å². The highest BCUT2D eigenvalue weighted by Gasteiger charge is 2.22. The van der Waals surface area contributed by atoms with Crippen LogP contribution in [0.2, 0.25) is 0 Å². The summed E-state index contributed by atoms with van der Waals surface area (Å²) in [6.07, 6.45) is 0. The summed E-state index contributed by atoms with van der Waals surface area (Å²) in [7, 11) is 16.2. The lowest BCUT2D eigenvalue weighted by Gasteiger charge is -2.26. The largest absolute Gasteiger partial charge is 0.140 e. The van der Waals surface area contributed by atoms with Crippen molar-refractivity contribution in [3.05, 3.63) is 78.9 Å². The zero-order valence-corrected chi connectivity index (χ0v) is 23.0. The molecule has 0 saturated heterocycles. The second-order valence-electron chi connectivity index (χ2n) is 10.7. The number of hydrogen-bond donors (Lipinski definition) is 0. The van der Waals surface area contributed by atoms with Crippen LogP contribution >= 0.6 is 0 Å². The van der Waals surface area contributed by atoms with Crippen LogP contribution in [0.4, 0.5) is 0 Å². The van der Waals surface area contributed by atoms with E-state index in [1.807, 2.05) is 0 Å².